The van der Waals surface area contributed by atoms with E-state index in [2.05, 4.69) is 4.98 Å². The Morgan fingerprint density at radius 3 is 2.50 bits per heavy atom. The Hall–Kier alpha value is -3.13. The molecule has 3 rings (SSSR count). The molecule has 0 bridgehead atoms. The van der Waals surface area contributed by atoms with E-state index in [0.717, 1.165) is 22.8 Å². The summed E-state index contributed by atoms with van der Waals surface area (Å²) in [6.45, 7) is 7.82. The molecule has 0 fully saturated rings. The van der Waals surface area contributed by atoms with Crippen LogP contribution >= 0.6 is 11.3 Å². The highest BCUT2D eigenvalue weighted by Crippen LogP contribution is 2.24. The lowest BCUT2D eigenvalue weighted by Crippen LogP contribution is -2.27. The SMILES string of the molecule is CCN(C(C)=O)c1nc(COC(=O)c2cc(C)n(-c3ccc(OC)cc3)c2C)cs1. The quantitative estimate of drug-likeness (QED) is 0.526. The van der Waals surface area contributed by atoms with E-state index in [1.165, 1.54) is 18.3 Å². The van der Waals surface area contributed by atoms with Crippen molar-refractivity contribution in [2.24, 2.45) is 0 Å². The summed E-state index contributed by atoms with van der Waals surface area (Å²) in [4.78, 5) is 30.3. The van der Waals surface area contributed by atoms with Crippen molar-refractivity contribution in [2.45, 2.75) is 34.3 Å². The van der Waals surface area contributed by atoms with Gasteiger partial charge in [0, 0.05) is 35.9 Å². The van der Waals surface area contributed by atoms with Crippen LogP contribution in [0.4, 0.5) is 5.13 Å². The molecule has 0 saturated heterocycles. The van der Waals surface area contributed by atoms with Crippen molar-refractivity contribution in [3.05, 3.63) is 58.4 Å². The molecule has 30 heavy (non-hydrogen) atoms. The number of benzene rings is 1. The predicted octanol–water partition coefficient (Wildman–Crippen LogP) is 4.29. The van der Waals surface area contributed by atoms with E-state index in [-0.39, 0.29) is 12.5 Å². The van der Waals surface area contributed by atoms with Crippen LogP contribution in [0.15, 0.2) is 35.7 Å². The largest absolute Gasteiger partial charge is 0.497 e. The number of anilines is 1. The number of ether oxygens (including phenoxy) is 2. The van der Waals surface area contributed by atoms with E-state index in [4.69, 9.17) is 9.47 Å². The Labute approximate surface area is 179 Å². The van der Waals surface area contributed by atoms with Gasteiger partial charge in [0.1, 0.15) is 12.4 Å². The van der Waals surface area contributed by atoms with Crippen LogP contribution in [0.25, 0.3) is 5.69 Å². The zero-order valence-corrected chi connectivity index (χ0v) is 18.6. The Morgan fingerprint density at radius 2 is 1.90 bits per heavy atom. The molecule has 158 valence electrons. The number of rotatable bonds is 7. The fraction of sp³-hybridized carbons (Fsp3) is 0.318. The van der Waals surface area contributed by atoms with Gasteiger partial charge in [0.05, 0.1) is 18.4 Å². The van der Waals surface area contributed by atoms with Crippen molar-refractivity contribution >= 4 is 28.3 Å². The van der Waals surface area contributed by atoms with Crippen molar-refractivity contribution in [3.63, 3.8) is 0 Å². The second-order valence-corrected chi connectivity index (χ2v) is 7.62. The Balaban J connectivity index is 1.73. The van der Waals surface area contributed by atoms with Crippen LogP contribution in [0.5, 0.6) is 5.75 Å². The Morgan fingerprint density at radius 1 is 1.20 bits per heavy atom. The first-order chi connectivity index (χ1) is 14.3. The van der Waals surface area contributed by atoms with Gasteiger partial charge in [-0.2, -0.15) is 0 Å². The normalized spacial score (nSPS) is 10.7. The molecule has 1 amide bonds. The summed E-state index contributed by atoms with van der Waals surface area (Å²) in [5.74, 6) is 0.299. The van der Waals surface area contributed by atoms with Gasteiger partial charge in [0.15, 0.2) is 5.13 Å². The average molecular weight is 428 g/mol. The van der Waals surface area contributed by atoms with Crippen LogP contribution in [0.2, 0.25) is 0 Å². The zero-order chi connectivity index (χ0) is 21.8. The molecule has 3 aromatic rings. The maximum absolute atomic E-state index is 12.7. The highest BCUT2D eigenvalue weighted by molar-refractivity contribution is 7.14. The molecule has 7 nitrogen and oxygen atoms in total. The highest BCUT2D eigenvalue weighted by Gasteiger charge is 2.19. The van der Waals surface area contributed by atoms with Gasteiger partial charge in [-0.1, -0.05) is 0 Å². The van der Waals surface area contributed by atoms with Gasteiger partial charge in [-0.3, -0.25) is 9.69 Å². The summed E-state index contributed by atoms with van der Waals surface area (Å²) in [6, 6.07) is 9.47. The second kappa shape index (κ2) is 9.13. The zero-order valence-electron chi connectivity index (χ0n) is 17.8. The first kappa shape index (κ1) is 21.6. The molecule has 8 heteroatoms. The van der Waals surface area contributed by atoms with Gasteiger partial charge in [-0.25, -0.2) is 9.78 Å². The second-order valence-electron chi connectivity index (χ2n) is 6.78. The number of amides is 1. The van der Waals surface area contributed by atoms with Gasteiger partial charge in [-0.15, -0.1) is 11.3 Å². The Kier molecular flexibility index (Phi) is 6.56. The lowest BCUT2D eigenvalue weighted by Gasteiger charge is -2.14. The molecule has 0 N–H and O–H groups in total. The Bertz CT molecular complexity index is 1050. The number of thiazole rings is 1. The number of hydrogen-bond donors (Lipinski definition) is 0. The summed E-state index contributed by atoms with van der Waals surface area (Å²) >= 11 is 1.36. The third-order valence-electron chi connectivity index (χ3n) is 4.80. The minimum absolute atomic E-state index is 0.0526. The van der Waals surface area contributed by atoms with Crippen molar-refractivity contribution in [1.29, 1.82) is 0 Å². The van der Waals surface area contributed by atoms with Crippen molar-refractivity contribution in [2.75, 3.05) is 18.6 Å². The highest BCUT2D eigenvalue weighted by atomic mass is 32.1. The first-order valence-corrected chi connectivity index (χ1v) is 10.5. The van der Waals surface area contributed by atoms with Crippen LogP contribution in [0.3, 0.4) is 0 Å². The van der Waals surface area contributed by atoms with E-state index in [1.807, 2.05) is 55.7 Å². The molecule has 0 atom stereocenters. The molecule has 0 aliphatic carbocycles. The molecule has 0 unspecified atom stereocenters. The molecular formula is C22H25N3O4S. The van der Waals surface area contributed by atoms with E-state index in [1.54, 1.807) is 17.4 Å². The summed E-state index contributed by atoms with van der Waals surface area (Å²) < 4.78 is 12.7. The third kappa shape index (κ3) is 4.38. The summed E-state index contributed by atoms with van der Waals surface area (Å²) in [5.41, 5.74) is 3.80. The van der Waals surface area contributed by atoms with Gasteiger partial charge in [0.2, 0.25) is 5.91 Å². The lowest BCUT2D eigenvalue weighted by atomic mass is 10.2. The lowest BCUT2D eigenvalue weighted by molar-refractivity contribution is -0.116. The monoisotopic (exact) mass is 427 g/mol. The molecule has 0 radical (unpaired) electrons. The minimum atomic E-state index is -0.406. The van der Waals surface area contributed by atoms with E-state index in [0.29, 0.717) is 22.9 Å². The number of methoxy groups -OCH3 is 1. The van der Waals surface area contributed by atoms with E-state index in [9.17, 15) is 9.59 Å². The molecule has 0 spiro atoms. The average Bonchev–Trinajstić information content (AvgIpc) is 3.31. The number of aryl methyl sites for hydroxylation is 1. The summed E-state index contributed by atoms with van der Waals surface area (Å²) in [7, 11) is 1.63. The summed E-state index contributed by atoms with van der Waals surface area (Å²) in [6.07, 6.45) is 0. The topological polar surface area (TPSA) is 73.7 Å². The van der Waals surface area contributed by atoms with Gasteiger partial charge < -0.3 is 14.0 Å². The first-order valence-electron chi connectivity index (χ1n) is 9.58. The molecule has 0 aliphatic heterocycles. The van der Waals surface area contributed by atoms with Gasteiger partial charge in [0.25, 0.3) is 0 Å². The van der Waals surface area contributed by atoms with E-state index >= 15 is 0 Å². The van der Waals surface area contributed by atoms with Crippen LogP contribution in [0.1, 0.15) is 41.3 Å². The van der Waals surface area contributed by atoms with Crippen molar-refractivity contribution in [1.82, 2.24) is 9.55 Å². The smallest absolute Gasteiger partial charge is 0.340 e. The fourth-order valence-electron chi connectivity index (χ4n) is 3.29. The maximum Gasteiger partial charge on any atom is 0.340 e. The predicted molar refractivity (Wildman–Crippen MR) is 117 cm³/mol. The number of hydrogen-bond acceptors (Lipinski definition) is 6. The van der Waals surface area contributed by atoms with Crippen LogP contribution in [-0.4, -0.2) is 35.1 Å². The van der Waals surface area contributed by atoms with Crippen molar-refractivity contribution in [3.8, 4) is 11.4 Å². The molecule has 0 saturated carbocycles. The molecular weight excluding hydrogens is 402 g/mol. The third-order valence-corrected chi connectivity index (χ3v) is 5.71. The van der Waals surface area contributed by atoms with Crippen molar-refractivity contribution < 1.29 is 19.1 Å². The van der Waals surface area contributed by atoms with Crippen LogP contribution in [-0.2, 0) is 16.1 Å². The van der Waals surface area contributed by atoms with Gasteiger partial charge >= 0.3 is 5.97 Å². The van der Waals surface area contributed by atoms with Crippen LogP contribution in [0, 0.1) is 13.8 Å². The number of nitrogens with zero attached hydrogens (tertiary/aromatic N) is 3. The number of aromatic nitrogens is 2. The molecule has 2 aromatic heterocycles. The molecule has 2 heterocycles. The molecule has 0 aliphatic rings. The maximum atomic E-state index is 12.7. The van der Waals surface area contributed by atoms with Crippen LogP contribution < -0.4 is 9.64 Å². The number of esters is 1. The number of carbonyl (C=O) groups is 2. The number of carbonyl (C=O) groups excluding carboxylic acids is 2. The minimum Gasteiger partial charge on any atom is -0.497 e. The molecule has 1 aromatic carbocycles. The summed E-state index contributed by atoms with van der Waals surface area (Å²) in [5, 5.41) is 2.41. The van der Waals surface area contributed by atoms with E-state index < -0.39 is 5.97 Å². The standard InChI is InChI=1S/C22H25N3O4S/c1-6-24(16(4)26)22-23-17(13-30-22)12-29-21(27)20-11-14(2)25(15(20)3)18-7-9-19(28-5)10-8-18/h7-11,13H,6,12H2,1-5H3. The fourth-order valence-corrected chi connectivity index (χ4v) is 4.21. The van der Waals surface area contributed by atoms with Gasteiger partial charge in [-0.05, 0) is 51.1 Å².